The van der Waals surface area contributed by atoms with Gasteiger partial charge in [0.1, 0.15) is 6.10 Å². The molecule has 130 valence electrons. The largest absolute Gasteiger partial charge is 0.391 e. The van der Waals surface area contributed by atoms with Crippen LogP contribution in [0.4, 0.5) is 0 Å². The first-order valence-corrected chi connectivity index (χ1v) is 7.98. The summed E-state index contributed by atoms with van der Waals surface area (Å²) in [7, 11) is 0. The maximum absolute atomic E-state index is 10.7. The lowest BCUT2D eigenvalue weighted by atomic mass is 9.97. The van der Waals surface area contributed by atoms with Crippen LogP contribution in [0.3, 0.4) is 0 Å². The van der Waals surface area contributed by atoms with Crippen molar-refractivity contribution in [2.75, 3.05) is 13.2 Å². The molecule has 1 aromatic rings. The molecule has 2 saturated heterocycles. The van der Waals surface area contributed by atoms with Crippen molar-refractivity contribution < 1.29 is 19.4 Å². The molecule has 0 amide bonds. The van der Waals surface area contributed by atoms with Crippen LogP contribution in [0.25, 0.3) is 10.4 Å². The molecule has 0 radical (unpaired) electrons. The summed E-state index contributed by atoms with van der Waals surface area (Å²) in [6.45, 7) is 4.62. The van der Waals surface area contributed by atoms with Gasteiger partial charge < -0.3 is 14.6 Å². The molecule has 4 atom stereocenters. The lowest BCUT2D eigenvalue weighted by Gasteiger charge is -2.43. The molecule has 0 aliphatic carbocycles. The SMILES string of the molecule is CC1(C)OC[C@H]([C@@H]2[C@@H](O)[C@@H](N=[N+]=[N-])CON2Cc2ccccc2)O1. The molecule has 0 bridgehead atoms. The Labute approximate surface area is 140 Å². The van der Waals surface area contributed by atoms with Crippen LogP contribution in [0.2, 0.25) is 0 Å². The second-order valence-corrected chi connectivity index (χ2v) is 6.48. The summed E-state index contributed by atoms with van der Waals surface area (Å²) < 4.78 is 11.5. The highest BCUT2D eigenvalue weighted by Crippen LogP contribution is 2.32. The fraction of sp³-hybridized carbons (Fsp3) is 0.625. The van der Waals surface area contributed by atoms with Crippen molar-refractivity contribution in [3.8, 4) is 0 Å². The molecular formula is C16H22N4O4. The van der Waals surface area contributed by atoms with Gasteiger partial charge in [-0.2, -0.15) is 5.06 Å². The Hall–Kier alpha value is -1.67. The van der Waals surface area contributed by atoms with Gasteiger partial charge in [-0.05, 0) is 24.9 Å². The summed E-state index contributed by atoms with van der Waals surface area (Å²) in [6.07, 6.45) is -1.28. The average molecular weight is 334 g/mol. The van der Waals surface area contributed by atoms with E-state index in [1.807, 2.05) is 44.2 Å². The molecule has 0 saturated carbocycles. The van der Waals surface area contributed by atoms with E-state index in [9.17, 15) is 5.11 Å². The second-order valence-electron chi connectivity index (χ2n) is 6.48. The molecule has 2 heterocycles. The minimum Gasteiger partial charge on any atom is -0.391 e. The number of hydrogen-bond donors (Lipinski definition) is 1. The van der Waals surface area contributed by atoms with Gasteiger partial charge in [0.05, 0.1) is 31.4 Å². The topological polar surface area (TPSA) is 99.9 Å². The lowest BCUT2D eigenvalue weighted by Crippen LogP contribution is -2.60. The van der Waals surface area contributed by atoms with Gasteiger partial charge in [0.25, 0.3) is 0 Å². The molecule has 0 aromatic heterocycles. The Morgan fingerprint density at radius 1 is 1.33 bits per heavy atom. The normalized spacial score (nSPS) is 33.1. The molecule has 2 fully saturated rings. The Morgan fingerprint density at radius 2 is 2.08 bits per heavy atom. The number of benzene rings is 1. The van der Waals surface area contributed by atoms with Gasteiger partial charge in [0.15, 0.2) is 5.79 Å². The zero-order valence-electron chi connectivity index (χ0n) is 13.8. The lowest BCUT2D eigenvalue weighted by molar-refractivity contribution is -0.274. The molecule has 2 aliphatic heterocycles. The third-order valence-corrected chi connectivity index (χ3v) is 4.28. The number of hydroxylamine groups is 2. The summed E-state index contributed by atoms with van der Waals surface area (Å²) in [4.78, 5) is 8.59. The standard InChI is InChI=1S/C16H22N4O4/c1-16(2)22-10-13(24-16)14-15(21)12(18-19-17)9-23-20(14)8-11-6-4-3-5-7-11/h3-7,12-15,21H,8-10H2,1-2H3/t12-,13+,14+,15-/m0/s1. The molecule has 24 heavy (non-hydrogen) atoms. The summed E-state index contributed by atoms with van der Waals surface area (Å²) >= 11 is 0. The van der Waals surface area contributed by atoms with E-state index in [4.69, 9.17) is 19.8 Å². The Balaban J connectivity index is 1.82. The van der Waals surface area contributed by atoms with Gasteiger partial charge in [-0.3, -0.25) is 4.84 Å². The van der Waals surface area contributed by atoms with E-state index in [-0.39, 0.29) is 12.7 Å². The highest BCUT2D eigenvalue weighted by Gasteiger charge is 2.47. The number of aliphatic hydroxyl groups excluding tert-OH is 1. The third-order valence-electron chi connectivity index (χ3n) is 4.28. The van der Waals surface area contributed by atoms with E-state index in [0.29, 0.717) is 13.2 Å². The van der Waals surface area contributed by atoms with Gasteiger partial charge >= 0.3 is 0 Å². The van der Waals surface area contributed by atoms with Crippen LogP contribution in [0.15, 0.2) is 35.4 Å². The molecule has 2 aliphatic rings. The Morgan fingerprint density at radius 3 is 2.71 bits per heavy atom. The van der Waals surface area contributed by atoms with E-state index >= 15 is 0 Å². The van der Waals surface area contributed by atoms with Gasteiger partial charge in [-0.15, -0.1) is 0 Å². The van der Waals surface area contributed by atoms with Crippen molar-refractivity contribution in [3.05, 3.63) is 46.3 Å². The first-order chi connectivity index (χ1) is 11.5. The third kappa shape index (κ3) is 3.70. The molecule has 1 aromatic carbocycles. The van der Waals surface area contributed by atoms with Crippen molar-refractivity contribution in [3.63, 3.8) is 0 Å². The van der Waals surface area contributed by atoms with Gasteiger partial charge in [0, 0.05) is 11.5 Å². The number of ether oxygens (including phenoxy) is 2. The van der Waals surface area contributed by atoms with Crippen LogP contribution in [-0.2, 0) is 20.9 Å². The monoisotopic (exact) mass is 334 g/mol. The predicted octanol–water partition coefficient (Wildman–Crippen LogP) is 1.99. The van der Waals surface area contributed by atoms with Crippen molar-refractivity contribution in [1.29, 1.82) is 0 Å². The molecule has 3 rings (SSSR count). The quantitative estimate of drug-likeness (QED) is 0.515. The van der Waals surface area contributed by atoms with Gasteiger partial charge in [-0.25, -0.2) is 0 Å². The summed E-state index contributed by atoms with van der Waals surface area (Å²) in [6, 6.07) is 8.68. The number of nitrogens with zero attached hydrogens (tertiary/aromatic N) is 4. The zero-order chi connectivity index (χ0) is 17.2. The van der Waals surface area contributed by atoms with Crippen LogP contribution in [0.5, 0.6) is 0 Å². The van der Waals surface area contributed by atoms with E-state index in [1.54, 1.807) is 5.06 Å². The van der Waals surface area contributed by atoms with Crippen LogP contribution < -0.4 is 0 Å². The number of azide groups is 1. The number of hydrogen-bond acceptors (Lipinski definition) is 6. The van der Waals surface area contributed by atoms with Gasteiger partial charge in [-0.1, -0.05) is 35.4 Å². The minimum atomic E-state index is -0.902. The van der Waals surface area contributed by atoms with Crippen LogP contribution >= 0.6 is 0 Å². The van der Waals surface area contributed by atoms with Crippen molar-refractivity contribution in [2.24, 2.45) is 5.11 Å². The molecular weight excluding hydrogens is 312 g/mol. The maximum atomic E-state index is 10.7. The average Bonchev–Trinajstić information content (AvgIpc) is 2.91. The summed E-state index contributed by atoms with van der Waals surface area (Å²) in [5.74, 6) is -0.714. The van der Waals surface area contributed by atoms with Crippen LogP contribution in [-0.4, -0.2) is 53.5 Å². The van der Waals surface area contributed by atoms with E-state index in [1.165, 1.54) is 0 Å². The van der Waals surface area contributed by atoms with Gasteiger partial charge in [0.2, 0.25) is 0 Å². The molecule has 8 heteroatoms. The minimum absolute atomic E-state index is 0.130. The van der Waals surface area contributed by atoms with Crippen molar-refractivity contribution >= 4 is 0 Å². The highest BCUT2D eigenvalue weighted by atomic mass is 16.7. The summed E-state index contributed by atoms with van der Waals surface area (Å²) in [5, 5.41) is 16.1. The first-order valence-electron chi connectivity index (χ1n) is 7.98. The van der Waals surface area contributed by atoms with Crippen molar-refractivity contribution in [2.45, 2.75) is 50.5 Å². The number of aliphatic hydroxyl groups is 1. The molecule has 1 N–H and O–H groups in total. The highest BCUT2D eigenvalue weighted by molar-refractivity contribution is 5.14. The molecule has 8 nitrogen and oxygen atoms in total. The first kappa shape index (κ1) is 17.2. The smallest absolute Gasteiger partial charge is 0.163 e. The maximum Gasteiger partial charge on any atom is 0.163 e. The van der Waals surface area contributed by atoms with Crippen LogP contribution in [0, 0.1) is 0 Å². The fourth-order valence-corrected chi connectivity index (χ4v) is 3.13. The van der Waals surface area contributed by atoms with E-state index in [2.05, 4.69) is 10.0 Å². The van der Waals surface area contributed by atoms with Crippen LogP contribution in [0.1, 0.15) is 19.4 Å². The molecule has 0 unspecified atom stereocenters. The fourth-order valence-electron chi connectivity index (χ4n) is 3.13. The van der Waals surface area contributed by atoms with E-state index < -0.39 is 24.0 Å². The zero-order valence-corrected chi connectivity index (χ0v) is 13.8. The van der Waals surface area contributed by atoms with Crippen molar-refractivity contribution in [1.82, 2.24) is 5.06 Å². The Bertz CT molecular complexity index is 605. The predicted molar refractivity (Wildman–Crippen MR) is 85.6 cm³/mol. The second kappa shape index (κ2) is 7.06. The molecule has 0 spiro atoms. The van der Waals surface area contributed by atoms with E-state index in [0.717, 1.165) is 5.56 Å². The number of rotatable bonds is 4. The Kier molecular flexibility index (Phi) is 5.05. The summed E-state index contributed by atoms with van der Waals surface area (Å²) in [5.41, 5.74) is 9.75.